The summed E-state index contributed by atoms with van der Waals surface area (Å²) in [5, 5.41) is 13.0. The van der Waals surface area contributed by atoms with E-state index in [1.165, 1.54) is 0 Å². The average Bonchev–Trinajstić information content (AvgIpc) is 2.76. The molecule has 1 rings (SSSR count). The maximum absolute atomic E-state index is 9.54. The van der Waals surface area contributed by atoms with Crippen molar-refractivity contribution in [1.82, 2.24) is 5.32 Å². The molecule has 0 saturated heterocycles. The molecule has 1 aliphatic rings. The summed E-state index contributed by atoms with van der Waals surface area (Å²) in [5.41, 5.74) is -0.329. The van der Waals surface area contributed by atoms with E-state index in [1.807, 2.05) is 0 Å². The van der Waals surface area contributed by atoms with E-state index in [1.54, 1.807) is 7.11 Å². The van der Waals surface area contributed by atoms with E-state index in [0.29, 0.717) is 12.0 Å². The monoisotopic (exact) mass is 268 g/mol. The third-order valence-corrected chi connectivity index (χ3v) is 3.81. The minimum atomic E-state index is -0.329. The molecule has 1 saturated carbocycles. The van der Waals surface area contributed by atoms with Crippen LogP contribution in [-0.4, -0.2) is 38.5 Å². The highest BCUT2D eigenvalue weighted by atomic mass is 16.5. The zero-order chi connectivity index (χ0) is 14.1. The summed E-state index contributed by atoms with van der Waals surface area (Å²) in [5.74, 6) is 0.419. The molecule has 1 fully saturated rings. The number of nitrogens with zero attached hydrogens (tertiary/aromatic N) is 1. The minimum Gasteiger partial charge on any atom is -0.385 e. The van der Waals surface area contributed by atoms with Crippen molar-refractivity contribution in [3.05, 3.63) is 0 Å². The van der Waals surface area contributed by atoms with E-state index in [0.717, 1.165) is 51.9 Å². The van der Waals surface area contributed by atoms with Gasteiger partial charge in [-0.05, 0) is 45.4 Å². The topological polar surface area (TPSA) is 54.3 Å². The van der Waals surface area contributed by atoms with Crippen LogP contribution in [0.1, 0.15) is 46.0 Å². The highest BCUT2D eigenvalue weighted by molar-refractivity contribution is 5.14. The van der Waals surface area contributed by atoms with Gasteiger partial charge < -0.3 is 9.47 Å². The van der Waals surface area contributed by atoms with Crippen molar-refractivity contribution in [3.8, 4) is 6.07 Å². The Hall–Kier alpha value is -0.630. The second-order valence-electron chi connectivity index (χ2n) is 5.72. The molecule has 2 unspecified atom stereocenters. The van der Waals surface area contributed by atoms with E-state index >= 15 is 0 Å². The number of hydrogen-bond acceptors (Lipinski definition) is 4. The number of rotatable bonds is 9. The van der Waals surface area contributed by atoms with Crippen molar-refractivity contribution in [2.24, 2.45) is 5.92 Å². The summed E-state index contributed by atoms with van der Waals surface area (Å²) in [6, 6.07) is 2.88. The molecule has 0 aromatic carbocycles. The van der Waals surface area contributed by atoms with Gasteiger partial charge in [0.2, 0.25) is 0 Å². The first kappa shape index (κ1) is 16.4. The Labute approximate surface area is 117 Å². The fourth-order valence-electron chi connectivity index (χ4n) is 2.99. The number of hydrogen-bond donors (Lipinski definition) is 1. The van der Waals surface area contributed by atoms with Crippen LogP contribution in [0.4, 0.5) is 0 Å². The third-order valence-electron chi connectivity index (χ3n) is 3.81. The molecule has 4 heteroatoms. The van der Waals surface area contributed by atoms with Crippen molar-refractivity contribution in [3.63, 3.8) is 0 Å². The fourth-order valence-corrected chi connectivity index (χ4v) is 2.99. The van der Waals surface area contributed by atoms with Crippen LogP contribution >= 0.6 is 0 Å². The van der Waals surface area contributed by atoms with Gasteiger partial charge >= 0.3 is 0 Å². The van der Waals surface area contributed by atoms with E-state index in [-0.39, 0.29) is 5.54 Å². The Kier molecular flexibility index (Phi) is 7.37. The molecule has 4 nitrogen and oxygen atoms in total. The molecule has 0 radical (unpaired) electrons. The summed E-state index contributed by atoms with van der Waals surface area (Å²) in [4.78, 5) is 0. The lowest BCUT2D eigenvalue weighted by molar-refractivity contribution is 0.0878. The van der Waals surface area contributed by atoms with E-state index < -0.39 is 0 Å². The second-order valence-corrected chi connectivity index (χ2v) is 5.72. The lowest BCUT2D eigenvalue weighted by Crippen LogP contribution is -2.50. The molecular weight excluding hydrogens is 240 g/mol. The lowest BCUT2D eigenvalue weighted by Gasteiger charge is -2.32. The second kappa shape index (κ2) is 8.52. The maximum atomic E-state index is 9.54. The quantitative estimate of drug-likeness (QED) is 0.653. The van der Waals surface area contributed by atoms with Crippen LogP contribution in [0.25, 0.3) is 0 Å². The van der Waals surface area contributed by atoms with Crippen LogP contribution in [0.15, 0.2) is 0 Å². The van der Waals surface area contributed by atoms with Gasteiger partial charge in [0.15, 0.2) is 0 Å². The zero-order valence-electron chi connectivity index (χ0n) is 12.6. The highest BCUT2D eigenvalue weighted by Crippen LogP contribution is 2.37. The van der Waals surface area contributed by atoms with Gasteiger partial charge in [-0.15, -0.1) is 0 Å². The van der Waals surface area contributed by atoms with Crippen molar-refractivity contribution in [2.45, 2.75) is 57.5 Å². The first-order valence-corrected chi connectivity index (χ1v) is 7.40. The van der Waals surface area contributed by atoms with Gasteiger partial charge in [-0.25, -0.2) is 0 Å². The van der Waals surface area contributed by atoms with Gasteiger partial charge in [0, 0.05) is 33.0 Å². The molecule has 0 spiro atoms. The lowest BCUT2D eigenvalue weighted by atomic mass is 9.85. The average molecular weight is 268 g/mol. The molecule has 0 bridgehead atoms. The summed E-state index contributed by atoms with van der Waals surface area (Å²) in [6.07, 6.45) is 5.15. The Morgan fingerprint density at radius 1 is 1.37 bits per heavy atom. The molecule has 110 valence electrons. The van der Waals surface area contributed by atoms with Gasteiger partial charge in [0.25, 0.3) is 0 Å². The van der Waals surface area contributed by atoms with Crippen molar-refractivity contribution < 1.29 is 9.47 Å². The van der Waals surface area contributed by atoms with Gasteiger partial charge in [0.05, 0.1) is 6.07 Å². The summed E-state index contributed by atoms with van der Waals surface area (Å²) >= 11 is 0. The summed E-state index contributed by atoms with van der Waals surface area (Å²) in [7, 11) is 1.71. The van der Waals surface area contributed by atoms with Gasteiger partial charge in [-0.3, -0.25) is 5.32 Å². The molecule has 0 aromatic heterocycles. The number of nitriles is 1. The number of ether oxygens (including phenoxy) is 2. The predicted octanol–water partition coefficient (Wildman–Crippen LogP) is 2.49. The van der Waals surface area contributed by atoms with Crippen LogP contribution < -0.4 is 5.32 Å². The molecule has 0 aliphatic heterocycles. The molecule has 0 aromatic rings. The van der Waals surface area contributed by atoms with Gasteiger partial charge in [-0.2, -0.15) is 5.26 Å². The van der Waals surface area contributed by atoms with E-state index in [4.69, 9.17) is 9.47 Å². The largest absolute Gasteiger partial charge is 0.385 e. The van der Waals surface area contributed by atoms with Crippen LogP contribution in [0.2, 0.25) is 0 Å². The summed E-state index contributed by atoms with van der Waals surface area (Å²) < 4.78 is 10.6. The van der Waals surface area contributed by atoms with Crippen molar-refractivity contribution in [2.75, 3.05) is 26.9 Å². The van der Waals surface area contributed by atoms with E-state index in [9.17, 15) is 5.26 Å². The van der Waals surface area contributed by atoms with Crippen LogP contribution in [0, 0.1) is 17.2 Å². The molecule has 1 N–H and O–H groups in total. The van der Waals surface area contributed by atoms with Crippen LogP contribution in [0.5, 0.6) is 0 Å². The molecule has 19 heavy (non-hydrogen) atoms. The zero-order valence-corrected chi connectivity index (χ0v) is 12.6. The Morgan fingerprint density at radius 2 is 2.16 bits per heavy atom. The molecule has 0 heterocycles. The Bertz CT molecular complexity index is 288. The van der Waals surface area contributed by atoms with Crippen molar-refractivity contribution >= 4 is 0 Å². The fraction of sp³-hybridized carbons (Fsp3) is 0.933. The van der Waals surface area contributed by atoms with Crippen molar-refractivity contribution in [1.29, 1.82) is 5.26 Å². The third kappa shape index (κ3) is 5.10. The minimum absolute atomic E-state index is 0.329. The predicted molar refractivity (Wildman–Crippen MR) is 75.9 cm³/mol. The molecule has 2 atom stereocenters. The van der Waals surface area contributed by atoms with Gasteiger partial charge in [-0.1, -0.05) is 6.42 Å². The van der Waals surface area contributed by atoms with Crippen LogP contribution in [-0.2, 0) is 9.47 Å². The normalized spacial score (nSPS) is 26.8. The number of nitrogens with one attached hydrogen (secondary N) is 1. The Balaban J connectivity index is 2.33. The molecule has 0 amide bonds. The highest BCUT2D eigenvalue weighted by Gasteiger charge is 2.42. The Morgan fingerprint density at radius 3 is 2.79 bits per heavy atom. The standard InChI is InChI=1S/C15H28N2O2/c1-13(2)17-15(12-16)8-4-6-14(15)7-11-19-10-5-9-18-3/h13-14,17H,4-11H2,1-3H3. The molecule has 1 aliphatic carbocycles. The maximum Gasteiger partial charge on any atom is 0.109 e. The summed E-state index contributed by atoms with van der Waals surface area (Å²) in [6.45, 7) is 6.46. The van der Waals surface area contributed by atoms with E-state index in [2.05, 4.69) is 25.2 Å². The first-order chi connectivity index (χ1) is 9.14. The first-order valence-electron chi connectivity index (χ1n) is 7.40. The molecular formula is C15H28N2O2. The van der Waals surface area contributed by atoms with Crippen LogP contribution in [0.3, 0.4) is 0 Å². The SMILES string of the molecule is COCCCOCCC1CCCC1(C#N)NC(C)C. The van der Waals surface area contributed by atoms with Gasteiger partial charge in [0.1, 0.15) is 5.54 Å². The number of methoxy groups -OCH3 is 1. The smallest absolute Gasteiger partial charge is 0.109 e.